The molecule has 0 fully saturated rings. The number of nitrogens with zero attached hydrogens (tertiary/aromatic N) is 1. The molecule has 0 spiro atoms. The van der Waals surface area contributed by atoms with E-state index in [4.69, 9.17) is 14.6 Å². The second-order valence-electron chi connectivity index (χ2n) is 3.39. The largest absolute Gasteiger partial charge is 0.390 e. The molecule has 1 heterocycles. The van der Waals surface area contributed by atoms with Gasteiger partial charge in [-0.15, -0.1) is 0 Å². The Morgan fingerprint density at radius 3 is 2.94 bits per heavy atom. The van der Waals surface area contributed by atoms with Crippen LogP contribution in [0, 0.1) is 0 Å². The maximum Gasteiger partial charge on any atom is 0.0976 e. The minimum atomic E-state index is -0.0543. The number of nitrogens with one attached hydrogen (secondary N) is 1. The molecule has 0 aromatic carbocycles. The summed E-state index contributed by atoms with van der Waals surface area (Å²) >= 11 is 0. The number of pyridine rings is 1. The van der Waals surface area contributed by atoms with Crippen LogP contribution in [0.3, 0.4) is 0 Å². The zero-order valence-electron chi connectivity index (χ0n) is 9.64. The third-order valence-corrected chi connectivity index (χ3v) is 2.20. The molecule has 1 unspecified atom stereocenters. The number of hydrogen-bond acceptors (Lipinski definition) is 5. The third kappa shape index (κ3) is 4.14. The zero-order valence-corrected chi connectivity index (χ0v) is 9.64. The summed E-state index contributed by atoms with van der Waals surface area (Å²) in [6.45, 7) is 1.14. The van der Waals surface area contributed by atoms with E-state index in [9.17, 15) is 0 Å². The highest BCUT2D eigenvalue weighted by molar-refractivity contribution is 5.43. The molecule has 16 heavy (non-hydrogen) atoms. The highest BCUT2D eigenvalue weighted by atomic mass is 16.5. The molecule has 0 aliphatic carbocycles. The Kier molecular flexibility index (Phi) is 5.77. The molecule has 0 radical (unpaired) electrons. The van der Waals surface area contributed by atoms with Crippen molar-refractivity contribution < 1.29 is 14.6 Å². The first-order chi connectivity index (χ1) is 7.80. The van der Waals surface area contributed by atoms with E-state index in [0.717, 1.165) is 5.69 Å². The van der Waals surface area contributed by atoms with E-state index in [1.807, 2.05) is 6.07 Å². The Morgan fingerprint density at radius 2 is 2.31 bits per heavy atom. The summed E-state index contributed by atoms with van der Waals surface area (Å²) in [4.78, 5) is 4.00. The maximum atomic E-state index is 8.93. The number of ether oxygens (including phenoxy) is 2. The number of methoxy groups -OCH3 is 2. The average molecular weight is 226 g/mol. The van der Waals surface area contributed by atoms with E-state index < -0.39 is 0 Å². The van der Waals surface area contributed by atoms with E-state index in [-0.39, 0.29) is 12.7 Å². The predicted octanol–water partition coefficient (Wildman–Crippen LogP) is 0.647. The van der Waals surface area contributed by atoms with Crippen molar-refractivity contribution in [1.82, 2.24) is 4.98 Å². The Bertz CT molecular complexity index is 307. The van der Waals surface area contributed by atoms with Gasteiger partial charge in [-0.2, -0.15) is 0 Å². The van der Waals surface area contributed by atoms with E-state index in [1.54, 1.807) is 26.5 Å². The van der Waals surface area contributed by atoms with Gasteiger partial charge >= 0.3 is 0 Å². The number of aromatic nitrogens is 1. The molecule has 90 valence electrons. The standard InChI is InChI=1S/C11H18N2O3/c1-15-8-11(16-2)6-13-9-3-4-12-10(5-9)7-14/h3-5,11,14H,6-8H2,1-2H3,(H,12,13). The summed E-state index contributed by atoms with van der Waals surface area (Å²) in [6, 6.07) is 3.65. The second kappa shape index (κ2) is 7.16. The topological polar surface area (TPSA) is 63.6 Å². The van der Waals surface area contributed by atoms with Gasteiger partial charge in [0.1, 0.15) is 0 Å². The van der Waals surface area contributed by atoms with Crippen LogP contribution in [0.5, 0.6) is 0 Å². The number of aliphatic hydroxyl groups is 1. The van der Waals surface area contributed by atoms with Crippen LogP contribution in [0.15, 0.2) is 18.3 Å². The predicted molar refractivity (Wildman–Crippen MR) is 61.3 cm³/mol. The minimum absolute atomic E-state index is 0.00995. The molecule has 2 N–H and O–H groups in total. The van der Waals surface area contributed by atoms with Crippen LogP contribution < -0.4 is 5.32 Å². The normalized spacial score (nSPS) is 12.4. The highest BCUT2D eigenvalue weighted by Crippen LogP contribution is 2.08. The smallest absolute Gasteiger partial charge is 0.0976 e. The van der Waals surface area contributed by atoms with Crippen LogP contribution >= 0.6 is 0 Å². The summed E-state index contributed by atoms with van der Waals surface area (Å²) < 4.78 is 10.2. The maximum absolute atomic E-state index is 8.93. The fourth-order valence-corrected chi connectivity index (χ4v) is 1.30. The Balaban J connectivity index is 2.46. The van der Waals surface area contributed by atoms with Gasteiger partial charge in [0.15, 0.2) is 0 Å². The lowest BCUT2D eigenvalue weighted by Crippen LogP contribution is -2.26. The zero-order chi connectivity index (χ0) is 11.8. The summed E-state index contributed by atoms with van der Waals surface area (Å²) in [6.07, 6.45) is 1.67. The molecule has 1 rings (SSSR count). The quantitative estimate of drug-likeness (QED) is 0.714. The van der Waals surface area contributed by atoms with Crippen LogP contribution in [0.1, 0.15) is 5.69 Å². The number of hydrogen-bond donors (Lipinski definition) is 2. The van der Waals surface area contributed by atoms with Crippen molar-refractivity contribution >= 4 is 5.69 Å². The summed E-state index contributed by atoms with van der Waals surface area (Å²) in [5.74, 6) is 0. The van der Waals surface area contributed by atoms with Crippen molar-refractivity contribution in [1.29, 1.82) is 0 Å². The number of rotatable bonds is 7. The fraction of sp³-hybridized carbons (Fsp3) is 0.545. The van der Waals surface area contributed by atoms with Crippen LogP contribution in [0.25, 0.3) is 0 Å². The van der Waals surface area contributed by atoms with E-state index in [1.165, 1.54) is 0 Å². The van der Waals surface area contributed by atoms with E-state index in [2.05, 4.69) is 10.3 Å². The van der Waals surface area contributed by atoms with Crippen molar-refractivity contribution in [2.24, 2.45) is 0 Å². The third-order valence-electron chi connectivity index (χ3n) is 2.20. The van der Waals surface area contributed by atoms with Crippen LogP contribution in [0.2, 0.25) is 0 Å². The molecule has 0 aliphatic heterocycles. The van der Waals surface area contributed by atoms with E-state index in [0.29, 0.717) is 18.8 Å². The first kappa shape index (κ1) is 12.9. The minimum Gasteiger partial charge on any atom is -0.390 e. The van der Waals surface area contributed by atoms with Gasteiger partial charge in [-0.25, -0.2) is 0 Å². The lowest BCUT2D eigenvalue weighted by molar-refractivity contribution is 0.0365. The van der Waals surface area contributed by atoms with Crippen molar-refractivity contribution in [2.45, 2.75) is 12.7 Å². The van der Waals surface area contributed by atoms with Gasteiger partial charge in [0.25, 0.3) is 0 Å². The molecular formula is C11H18N2O3. The molecule has 1 aromatic rings. The van der Waals surface area contributed by atoms with Crippen LogP contribution in [0.4, 0.5) is 5.69 Å². The molecule has 0 bridgehead atoms. The second-order valence-corrected chi connectivity index (χ2v) is 3.39. The molecule has 0 aliphatic rings. The molecular weight excluding hydrogens is 208 g/mol. The van der Waals surface area contributed by atoms with Crippen molar-refractivity contribution in [3.63, 3.8) is 0 Å². The average Bonchev–Trinajstić information content (AvgIpc) is 2.34. The monoisotopic (exact) mass is 226 g/mol. The summed E-state index contributed by atoms with van der Waals surface area (Å²) in [7, 11) is 3.29. The summed E-state index contributed by atoms with van der Waals surface area (Å²) in [5.41, 5.74) is 1.56. The first-order valence-electron chi connectivity index (χ1n) is 5.11. The molecule has 1 aromatic heterocycles. The van der Waals surface area contributed by atoms with Gasteiger partial charge < -0.3 is 19.9 Å². The molecule has 1 atom stereocenters. The Morgan fingerprint density at radius 1 is 1.50 bits per heavy atom. The van der Waals surface area contributed by atoms with Gasteiger partial charge in [-0.3, -0.25) is 4.98 Å². The number of anilines is 1. The lowest BCUT2D eigenvalue weighted by atomic mass is 10.3. The number of aliphatic hydroxyl groups excluding tert-OH is 1. The lowest BCUT2D eigenvalue weighted by Gasteiger charge is -2.15. The van der Waals surface area contributed by atoms with Gasteiger partial charge in [-0.05, 0) is 12.1 Å². The van der Waals surface area contributed by atoms with Gasteiger partial charge in [-0.1, -0.05) is 0 Å². The Hall–Kier alpha value is -1.17. The van der Waals surface area contributed by atoms with Gasteiger partial charge in [0.2, 0.25) is 0 Å². The molecule has 0 amide bonds. The highest BCUT2D eigenvalue weighted by Gasteiger charge is 2.06. The van der Waals surface area contributed by atoms with Crippen LogP contribution in [-0.2, 0) is 16.1 Å². The van der Waals surface area contributed by atoms with Crippen LogP contribution in [-0.4, -0.2) is 43.6 Å². The molecule has 5 heteroatoms. The molecule has 5 nitrogen and oxygen atoms in total. The molecule has 0 saturated carbocycles. The first-order valence-corrected chi connectivity index (χ1v) is 5.11. The Labute approximate surface area is 95.4 Å². The summed E-state index contributed by atoms with van der Waals surface area (Å²) in [5, 5.41) is 12.1. The SMILES string of the molecule is COCC(CNc1ccnc(CO)c1)OC. The molecule has 0 saturated heterocycles. The van der Waals surface area contributed by atoms with Gasteiger partial charge in [0, 0.05) is 32.6 Å². The fourth-order valence-electron chi connectivity index (χ4n) is 1.30. The van der Waals surface area contributed by atoms with Crippen molar-refractivity contribution in [3.05, 3.63) is 24.0 Å². The van der Waals surface area contributed by atoms with E-state index >= 15 is 0 Å². The van der Waals surface area contributed by atoms with Crippen molar-refractivity contribution in [2.75, 3.05) is 32.7 Å². The van der Waals surface area contributed by atoms with Crippen molar-refractivity contribution in [3.8, 4) is 0 Å². The van der Waals surface area contributed by atoms with Gasteiger partial charge in [0.05, 0.1) is 25.0 Å².